The quantitative estimate of drug-likeness (QED) is 0.589. The van der Waals surface area contributed by atoms with Gasteiger partial charge in [0.2, 0.25) is 0 Å². The van der Waals surface area contributed by atoms with Gasteiger partial charge in [0.05, 0.1) is 24.2 Å². The minimum Gasteiger partial charge on any atom is -0.351 e. The Kier molecular flexibility index (Phi) is 6.33. The Morgan fingerprint density at radius 2 is 1.94 bits per heavy atom. The van der Waals surface area contributed by atoms with E-state index < -0.39 is 16.1 Å². The number of aromatic nitrogens is 3. The van der Waals surface area contributed by atoms with Gasteiger partial charge >= 0.3 is 0 Å². The first-order valence-corrected chi connectivity index (χ1v) is 12.3. The van der Waals surface area contributed by atoms with Crippen molar-refractivity contribution in [2.45, 2.75) is 37.1 Å². The summed E-state index contributed by atoms with van der Waals surface area (Å²) in [7, 11) is -3.43. The van der Waals surface area contributed by atoms with Crippen molar-refractivity contribution in [3.05, 3.63) is 51.7 Å². The van der Waals surface area contributed by atoms with Crippen LogP contribution in [0.1, 0.15) is 12.2 Å². The van der Waals surface area contributed by atoms with E-state index in [0.29, 0.717) is 54.2 Å². The van der Waals surface area contributed by atoms with E-state index in [4.69, 9.17) is 26.8 Å². The summed E-state index contributed by atoms with van der Waals surface area (Å²) in [5.41, 5.74) is 6.71. The topological polar surface area (TPSA) is 126 Å². The molecule has 0 atom stereocenters. The van der Waals surface area contributed by atoms with Crippen molar-refractivity contribution in [3.63, 3.8) is 0 Å². The molecule has 0 aliphatic carbocycles. The maximum absolute atomic E-state index is 13.5. The lowest BCUT2D eigenvalue weighted by Crippen LogP contribution is -2.41. The van der Waals surface area contributed by atoms with Crippen LogP contribution in [0, 0.1) is 6.92 Å². The summed E-state index contributed by atoms with van der Waals surface area (Å²) in [5.74, 6) is 0.532. The molecule has 1 aliphatic rings. The number of hydrogen-bond donors (Lipinski definition) is 1. The van der Waals surface area contributed by atoms with E-state index in [1.807, 2.05) is 0 Å². The van der Waals surface area contributed by atoms with Gasteiger partial charge in [0, 0.05) is 47.0 Å². The molecule has 32 heavy (non-hydrogen) atoms. The van der Waals surface area contributed by atoms with Crippen molar-refractivity contribution in [1.82, 2.24) is 14.5 Å². The van der Waals surface area contributed by atoms with Gasteiger partial charge in [-0.1, -0.05) is 17.7 Å². The van der Waals surface area contributed by atoms with Crippen LogP contribution in [-0.4, -0.2) is 54.8 Å². The third-order valence-corrected chi connectivity index (χ3v) is 6.61. The number of ether oxygens (including phenoxy) is 2. The molecule has 170 valence electrons. The highest BCUT2D eigenvalue weighted by Gasteiger charge is 2.21. The summed E-state index contributed by atoms with van der Waals surface area (Å²) in [4.78, 5) is 22.2. The number of pyridine rings is 1. The summed E-state index contributed by atoms with van der Waals surface area (Å²) in [6.07, 6.45) is 2.70. The molecule has 0 radical (unpaired) electrons. The molecule has 3 aromatic rings. The second-order valence-electron chi connectivity index (χ2n) is 7.77. The van der Waals surface area contributed by atoms with Gasteiger partial charge in [-0.2, -0.15) is 0 Å². The molecule has 11 heteroatoms. The zero-order valence-electron chi connectivity index (χ0n) is 17.6. The number of fused-ring (bicyclic) bond motifs is 1. The van der Waals surface area contributed by atoms with Crippen LogP contribution in [0.25, 0.3) is 22.2 Å². The molecule has 1 aromatic carbocycles. The Morgan fingerprint density at radius 1 is 1.22 bits per heavy atom. The molecule has 0 spiro atoms. The van der Waals surface area contributed by atoms with Crippen LogP contribution in [0.5, 0.6) is 0 Å². The van der Waals surface area contributed by atoms with E-state index in [1.54, 1.807) is 23.8 Å². The molecule has 1 aliphatic heterocycles. The molecule has 2 aromatic heterocycles. The lowest BCUT2D eigenvalue weighted by Gasteiger charge is -2.27. The SMILES string of the molecule is Cc1ncc2cc(-c3ccc(S(C)(=O)=O)cc3Cl)c(=O)n(CC[C@H]3OC[C@H](N)CO3)c2n1. The maximum atomic E-state index is 13.5. The van der Waals surface area contributed by atoms with E-state index in [9.17, 15) is 13.2 Å². The molecule has 4 rings (SSSR count). The minimum absolute atomic E-state index is 0.0797. The third-order valence-electron chi connectivity index (χ3n) is 5.19. The first-order valence-electron chi connectivity index (χ1n) is 9.99. The lowest BCUT2D eigenvalue weighted by molar-refractivity contribution is -0.189. The molecule has 0 bridgehead atoms. The molecule has 1 fully saturated rings. The number of sulfone groups is 1. The molecule has 0 unspecified atom stereocenters. The average molecular weight is 479 g/mol. The van der Waals surface area contributed by atoms with Crippen molar-refractivity contribution in [2.24, 2.45) is 5.73 Å². The van der Waals surface area contributed by atoms with Gasteiger partial charge in [-0.05, 0) is 25.1 Å². The van der Waals surface area contributed by atoms with E-state index in [1.165, 1.54) is 18.2 Å². The number of halogens is 1. The number of hydrogen-bond acceptors (Lipinski definition) is 8. The number of nitrogens with zero attached hydrogens (tertiary/aromatic N) is 3. The van der Waals surface area contributed by atoms with Crippen LogP contribution >= 0.6 is 11.6 Å². The molecule has 9 nitrogen and oxygen atoms in total. The molecule has 0 saturated carbocycles. The minimum atomic E-state index is -3.43. The fourth-order valence-corrected chi connectivity index (χ4v) is 4.54. The van der Waals surface area contributed by atoms with Crippen molar-refractivity contribution >= 4 is 32.5 Å². The van der Waals surface area contributed by atoms with E-state index >= 15 is 0 Å². The van der Waals surface area contributed by atoms with Crippen LogP contribution in [0.4, 0.5) is 0 Å². The first kappa shape index (κ1) is 22.8. The maximum Gasteiger partial charge on any atom is 0.260 e. The second-order valence-corrected chi connectivity index (χ2v) is 10.2. The predicted octanol–water partition coefficient (Wildman–Crippen LogP) is 1.91. The first-order chi connectivity index (χ1) is 15.1. The number of rotatable bonds is 5. The van der Waals surface area contributed by atoms with Gasteiger partial charge in [-0.25, -0.2) is 18.4 Å². The molecular formula is C21H23ClN4O5S. The van der Waals surface area contributed by atoms with Crippen LogP contribution in [0.15, 0.2) is 40.2 Å². The number of aryl methyl sites for hydroxylation is 2. The Balaban J connectivity index is 1.78. The lowest BCUT2D eigenvalue weighted by atomic mass is 10.1. The summed E-state index contributed by atoms with van der Waals surface area (Å²) >= 11 is 6.39. The standard InChI is InChI=1S/C21H23ClN4O5S/c1-12-24-9-13-7-17(16-4-3-15(8-18(16)22)32(2,28)29)21(27)26(20(13)25-12)6-5-19-30-10-14(23)11-31-19/h3-4,7-9,14,19H,5-6,10-11,23H2,1-2H3/t14-,19-. The van der Waals surface area contributed by atoms with Crippen molar-refractivity contribution in [3.8, 4) is 11.1 Å². The van der Waals surface area contributed by atoms with Gasteiger partial charge < -0.3 is 15.2 Å². The van der Waals surface area contributed by atoms with Crippen LogP contribution in [0.3, 0.4) is 0 Å². The van der Waals surface area contributed by atoms with Gasteiger partial charge in [0.25, 0.3) is 5.56 Å². The van der Waals surface area contributed by atoms with Crippen molar-refractivity contribution in [2.75, 3.05) is 19.5 Å². The molecular weight excluding hydrogens is 456 g/mol. The normalized spacial score (nSPS) is 19.4. The Hall–Kier alpha value is -2.37. The summed E-state index contributed by atoms with van der Waals surface area (Å²) in [5, 5.41) is 0.817. The van der Waals surface area contributed by atoms with Crippen LogP contribution in [-0.2, 0) is 25.9 Å². The largest absolute Gasteiger partial charge is 0.351 e. The Bertz CT molecular complexity index is 1330. The highest BCUT2D eigenvalue weighted by atomic mass is 35.5. The van der Waals surface area contributed by atoms with Crippen LogP contribution < -0.4 is 11.3 Å². The van der Waals surface area contributed by atoms with E-state index in [2.05, 4.69) is 9.97 Å². The van der Waals surface area contributed by atoms with Gasteiger partial charge in [-0.15, -0.1) is 0 Å². The van der Waals surface area contributed by atoms with Gasteiger partial charge in [0.1, 0.15) is 11.5 Å². The molecule has 2 N–H and O–H groups in total. The molecule has 1 saturated heterocycles. The van der Waals surface area contributed by atoms with Crippen LogP contribution in [0.2, 0.25) is 5.02 Å². The highest BCUT2D eigenvalue weighted by Crippen LogP contribution is 2.30. The molecule has 0 amide bonds. The Labute approximate surface area is 190 Å². The van der Waals surface area contributed by atoms with Gasteiger partial charge in [-0.3, -0.25) is 9.36 Å². The average Bonchev–Trinajstić information content (AvgIpc) is 2.74. The fraction of sp³-hybridized carbons (Fsp3) is 0.381. The molecule has 3 heterocycles. The van der Waals surface area contributed by atoms with Gasteiger partial charge in [0.15, 0.2) is 16.1 Å². The third kappa shape index (κ3) is 4.69. The van der Waals surface area contributed by atoms with Crippen molar-refractivity contribution in [1.29, 1.82) is 0 Å². The Morgan fingerprint density at radius 3 is 2.59 bits per heavy atom. The van der Waals surface area contributed by atoms with E-state index in [-0.39, 0.29) is 21.5 Å². The second kappa shape index (κ2) is 8.87. The van der Waals surface area contributed by atoms with Crippen molar-refractivity contribution < 1.29 is 17.9 Å². The fourth-order valence-electron chi connectivity index (χ4n) is 3.55. The predicted molar refractivity (Wildman–Crippen MR) is 120 cm³/mol. The zero-order chi connectivity index (χ0) is 23.0. The summed E-state index contributed by atoms with van der Waals surface area (Å²) < 4.78 is 36.4. The number of benzene rings is 1. The number of nitrogens with two attached hydrogens (primary N) is 1. The monoisotopic (exact) mass is 478 g/mol. The highest BCUT2D eigenvalue weighted by molar-refractivity contribution is 7.90. The smallest absolute Gasteiger partial charge is 0.260 e. The zero-order valence-corrected chi connectivity index (χ0v) is 19.2. The summed E-state index contributed by atoms with van der Waals surface area (Å²) in [6.45, 7) is 2.82. The summed E-state index contributed by atoms with van der Waals surface area (Å²) in [6, 6.07) is 5.82. The van der Waals surface area contributed by atoms with E-state index in [0.717, 1.165) is 6.26 Å².